The quantitative estimate of drug-likeness (QED) is 0.557. The molecule has 0 unspecified atom stereocenters. The first-order valence-electron chi connectivity index (χ1n) is 10.5. The van der Waals surface area contributed by atoms with Gasteiger partial charge in [-0.3, -0.25) is 4.79 Å². The molecule has 3 heterocycles. The van der Waals surface area contributed by atoms with Gasteiger partial charge in [0.15, 0.2) is 0 Å². The van der Waals surface area contributed by atoms with E-state index >= 15 is 0 Å². The summed E-state index contributed by atoms with van der Waals surface area (Å²) >= 11 is 0. The number of fused-ring (bicyclic) bond motifs is 1. The zero-order valence-electron chi connectivity index (χ0n) is 17.9. The summed E-state index contributed by atoms with van der Waals surface area (Å²) in [5.74, 6) is 0.450. The number of nitrogens with zero attached hydrogens (tertiary/aromatic N) is 3. The lowest BCUT2D eigenvalue weighted by molar-refractivity contribution is -0.136. The van der Waals surface area contributed by atoms with Gasteiger partial charge in [-0.25, -0.2) is 4.98 Å². The average Bonchev–Trinajstić information content (AvgIpc) is 3.17. The summed E-state index contributed by atoms with van der Waals surface area (Å²) in [5.41, 5.74) is 0.559. The van der Waals surface area contributed by atoms with Gasteiger partial charge in [0.2, 0.25) is 5.91 Å². The second-order valence-electron chi connectivity index (χ2n) is 8.07. The van der Waals surface area contributed by atoms with Crippen molar-refractivity contribution in [2.75, 3.05) is 20.2 Å². The molecule has 32 heavy (non-hydrogen) atoms. The third kappa shape index (κ3) is 4.56. The minimum atomic E-state index is -4.55. The Morgan fingerprint density at radius 2 is 2.03 bits per heavy atom. The summed E-state index contributed by atoms with van der Waals surface area (Å²) < 4.78 is 51.2. The van der Waals surface area contributed by atoms with E-state index in [0.717, 1.165) is 17.4 Å². The van der Waals surface area contributed by atoms with E-state index in [1.807, 2.05) is 24.3 Å². The van der Waals surface area contributed by atoms with Crippen molar-refractivity contribution in [2.24, 2.45) is 0 Å². The molecule has 6 nitrogen and oxygen atoms in total. The normalized spacial score (nSPS) is 17.0. The number of carbonyl (C=O) groups is 1. The van der Waals surface area contributed by atoms with Crippen LogP contribution in [0.25, 0.3) is 11.1 Å². The highest BCUT2D eigenvalue weighted by Gasteiger charge is 2.37. The summed E-state index contributed by atoms with van der Waals surface area (Å²) in [4.78, 5) is 18.8. The highest BCUT2D eigenvalue weighted by Crippen LogP contribution is 2.38. The number of likely N-dealkylation sites (tertiary alicyclic amines) is 1. The molecule has 4 rings (SSSR count). The number of ether oxygens (including phenoxy) is 1. The molecule has 3 aromatic rings. The molecule has 0 bridgehead atoms. The molecule has 2 aromatic heterocycles. The first kappa shape index (κ1) is 22.1. The minimum Gasteiger partial charge on any atom is -0.497 e. The molecule has 1 saturated heterocycles. The first-order valence-corrected chi connectivity index (χ1v) is 10.5. The summed E-state index contributed by atoms with van der Waals surface area (Å²) in [6, 6.07) is 8.62. The number of pyridine rings is 1. The molecule has 0 aliphatic carbocycles. The van der Waals surface area contributed by atoms with Crippen molar-refractivity contribution < 1.29 is 27.2 Å². The number of piperidine rings is 1. The van der Waals surface area contributed by atoms with Gasteiger partial charge in [-0.05, 0) is 49.9 Å². The standard InChI is InChI=1S/C23H24F3N3O3/c1-14-21-18(23(24,25)26)12-19(27-22(21)32-28-14)16-4-3-11-29(13-16)20(30)10-7-15-5-8-17(31-2)9-6-15/h5-6,8-9,12,16H,3-4,7,10-11,13H2,1-2H3/t16-/m1/s1. The van der Waals surface area contributed by atoms with Crippen LogP contribution in [0.5, 0.6) is 5.75 Å². The van der Waals surface area contributed by atoms with Crippen LogP contribution in [0.3, 0.4) is 0 Å². The molecule has 1 amide bonds. The molecule has 0 radical (unpaired) electrons. The van der Waals surface area contributed by atoms with E-state index in [1.54, 1.807) is 12.0 Å². The van der Waals surface area contributed by atoms with Gasteiger partial charge in [-0.2, -0.15) is 13.2 Å². The van der Waals surface area contributed by atoms with Gasteiger partial charge in [0.25, 0.3) is 5.71 Å². The van der Waals surface area contributed by atoms with E-state index in [2.05, 4.69) is 10.1 Å². The zero-order valence-corrected chi connectivity index (χ0v) is 17.9. The molecule has 9 heteroatoms. The maximum absolute atomic E-state index is 13.7. The molecular weight excluding hydrogens is 423 g/mol. The third-order valence-corrected chi connectivity index (χ3v) is 5.92. The number of hydrogen-bond donors (Lipinski definition) is 0. The Bertz CT molecular complexity index is 1110. The largest absolute Gasteiger partial charge is 0.497 e. The number of alkyl halides is 3. The van der Waals surface area contributed by atoms with Gasteiger partial charge in [-0.15, -0.1) is 0 Å². The minimum absolute atomic E-state index is 0.0156. The van der Waals surface area contributed by atoms with Crippen LogP contribution in [-0.2, 0) is 17.4 Å². The maximum Gasteiger partial charge on any atom is 0.417 e. The number of halogens is 3. The van der Waals surface area contributed by atoms with Crippen LogP contribution >= 0.6 is 0 Å². The lowest BCUT2D eigenvalue weighted by Crippen LogP contribution is -2.39. The smallest absolute Gasteiger partial charge is 0.417 e. The molecule has 1 atom stereocenters. The SMILES string of the molecule is COc1ccc(CCC(=O)N2CCC[C@@H](c3cc(C(F)(F)F)c4c(C)noc4n3)C2)cc1. The van der Waals surface area contributed by atoms with E-state index in [4.69, 9.17) is 9.26 Å². The monoisotopic (exact) mass is 447 g/mol. The van der Waals surface area contributed by atoms with Gasteiger partial charge in [0.1, 0.15) is 5.75 Å². The molecule has 170 valence electrons. The predicted molar refractivity (Wildman–Crippen MR) is 111 cm³/mol. The molecule has 0 saturated carbocycles. The Morgan fingerprint density at radius 1 is 1.28 bits per heavy atom. The van der Waals surface area contributed by atoms with E-state index in [0.29, 0.717) is 38.8 Å². The van der Waals surface area contributed by atoms with Crippen molar-refractivity contribution in [1.82, 2.24) is 15.0 Å². The molecular formula is C23H24F3N3O3. The van der Waals surface area contributed by atoms with Crippen molar-refractivity contribution in [3.8, 4) is 5.75 Å². The Kier molecular flexibility index (Phi) is 6.08. The fourth-order valence-electron chi connectivity index (χ4n) is 4.19. The maximum atomic E-state index is 13.7. The van der Waals surface area contributed by atoms with Crippen LogP contribution < -0.4 is 4.74 Å². The van der Waals surface area contributed by atoms with Crippen molar-refractivity contribution in [3.05, 3.63) is 52.8 Å². The number of aromatic nitrogens is 2. The Hall–Kier alpha value is -3.10. The van der Waals surface area contributed by atoms with Crippen LogP contribution in [0.2, 0.25) is 0 Å². The fraction of sp³-hybridized carbons (Fsp3) is 0.435. The van der Waals surface area contributed by atoms with Crippen molar-refractivity contribution in [2.45, 2.75) is 44.7 Å². The number of hydrogen-bond acceptors (Lipinski definition) is 5. The fourth-order valence-corrected chi connectivity index (χ4v) is 4.19. The second-order valence-corrected chi connectivity index (χ2v) is 8.07. The molecule has 1 aromatic carbocycles. The number of aryl methyl sites for hydroxylation is 2. The van der Waals surface area contributed by atoms with Crippen molar-refractivity contribution in [3.63, 3.8) is 0 Å². The second kappa shape index (κ2) is 8.80. The van der Waals surface area contributed by atoms with E-state index < -0.39 is 11.7 Å². The number of rotatable bonds is 5. The summed E-state index contributed by atoms with van der Waals surface area (Å²) in [7, 11) is 1.60. The van der Waals surface area contributed by atoms with Crippen molar-refractivity contribution >= 4 is 17.0 Å². The average molecular weight is 447 g/mol. The summed E-state index contributed by atoms with van der Waals surface area (Å²) in [5, 5.41) is 3.55. The Morgan fingerprint density at radius 3 is 2.72 bits per heavy atom. The molecule has 1 aliphatic rings. The van der Waals surface area contributed by atoms with Gasteiger partial charge < -0.3 is 14.2 Å². The highest BCUT2D eigenvalue weighted by atomic mass is 19.4. The first-order chi connectivity index (χ1) is 15.3. The lowest BCUT2D eigenvalue weighted by atomic mass is 9.92. The van der Waals surface area contributed by atoms with Crippen LogP contribution in [0, 0.1) is 6.92 Å². The number of carbonyl (C=O) groups excluding carboxylic acids is 1. The highest BCUT2D eigenvalue weighted by molar-refractivity contribution is 5.81. The van der Waals surface area contributed by atoms with Gasteiger partial charge in [-0.1, -0.05) is 17.3 Å². The van der Waals surface area contributed by atoms with Crippen LogP contribution in [0.4, 0.5) is 13.2 Å². The molecule has 0 spiro atoms. The number of amides is 1. The van der Waals surface area contributed by atoms with Crippen LogP contribution in [-0.4, -0.2) is 41.1 Å². The van der Waals surface area contributed by atoms with E-state index in [-0.39, 0.29) is 34.3 Å². The van der Waals surface area contributed by atoms with Crippen LogP contribution in [0.1, 0.15) is 47.7 Å². The van der Waals surface area contributed by atoms with E-state index in [1.165, 1.54) is 6.92 Å². The Balaban J connectivity index is 1.48. The summed E-state index contributed by atoms with van der Waals surface area (Å²) in [6.07, 6.45) is -2.26. The predicted octanol–water partition coefficient (Wildman–Crippen LogP) is 4.90. The van der Waals surface area contributed by atoms with Gasteiger partial charge in [0, 0.05) is 25.4 Å². The molecule has 1 fully saturated rings. The molecule has 1 aliphatic heterocycles. The molecule has 0 N–H and O–H groups in total. The number of benzene rings is 1. The van der Waals surface area contributed by atoms with Gasteiger partial charge in [0.05, 0.1) is 29.4 Å². The van der Waals surface area contributed by atoms with E-state index in [9.17, 15) is 18.0 Å². The zero-order chi connectivity index (χ0) is 22.9. The number of methoxy groups -OCH3 is 1. The van der Waals surface area contributed by atoms with Gasteiger partial charge >= 0.3 is 6.18 Å². The lowest BCUT2D eigenvalue weighted by Gasteiger charge is -2.32. The Labute approximate surface area is 183 Å². The third-order valence-electron chi connectivity index (χ3n) is 5.92. The topological polar surface area (TPSA) is 68.5 Å². The summed E-state index contributed by atoms with van der Waals surface area (Å²) in [6.45, 7) is 2.39. The van der Waals surface area contributed by atoms with Crippen LogP contribution in [0.15, 0.2) is 34.9 Å². The van der Waals surface area contributed by atoms with Crippen molar-refractivity contribution in [1.29, 1.82) is 0 Å².